The third-order valence-electron chi connectivity index (χ3n) is 6.19. The molecule has 5 rings (SSSR count). The summed E-state index contributed by atoms with van der Waals surface area (Å²) in [6.07, 6.45) is -2.37. The Morgan fingerprint density at radius 3 is 2.55 bits per heavy atom. The van der Waals surface area contributed by atoms with Crippen LogP contribution in [-0.4, -0.2) is 28.5 Å². The highest BCUT2D eigenvalue weighted by atomic mass is 32.2. The zero-order chi connectivity index (χ0) is 23.3. The number of nitrogens with zero attached hydrogens (tertiary/aromatic N) is 2. The second-order valence-corrected chi connectivity index (χ2v) is 10.4. The van der Waals surface area contributed by atoms with Gasteiger partial charge in [0, 0.05) is 47.1 Å². The Bertz CT molecular complexity index is 1280. The van der Waals surface area contributed by atoms with Gasteiger partial charge in [-0.05, 0) is 60.4 Å². The van der Waals surface area contributed by atoms with Gasteiger partial charge in [-0.25, -0.2) is 0 Å². The molecule has 0 spiro atoms. The van der Waals surface area contributed by atoms with Gasteiger partial charge in [-0.15, -0.1) is 11.8 Å². The van der Waals surface area contributed by atoms with Crippen molar-refractivity contribution >= 4 is 29.0 Å². The van der Waals surface area contributed by atoms with Gasteiger partial charge in [0.15, 0.2) is 5.43 Å². The van der Waals surface area contributed by atoms with Crippen LogP contribution in [0.5, 0.6) is 0 Å². The molecule has 0 radical (unpaired) electrons. The van der Waals surface area contributed by atoms with E-state index in [-0.39, 0.29) is 22.1 Å². The summed E-state index contributed by atoms with van der Waals surface area (Å²) in [5.74, 6) is -0.328. The number of rotatable bonds is 2. The molecule has 4 heterocycles. The third kappa shape index (κ3) is 4.01. The van der Waals surface area contributed by atoms with Gasteiger partial charge < -0.3 is 9.47 Å². The lowest BCUT2D eigenvalue weighted by Crippen LogP contribution is -2.35. The molecule has 9 heteroatoms. The molecule has 1 amide bonds. The molecular formula is C24H21F3N2O2S2. The zero-order valence-corrected chi connectivity index (χ0v) is 19.4. The monoisotopic (exact) mass is 490 g/mol. The summed E-state index contributed by atoms with van der Waals surface area (Å²) >= 11 is 3.01. The van der Waals surface area contributed by atoms with Gasteiger partial charge in [0.1, 0.15) is 5.56 Å². The van der Waals surface area contributed by atoms with Crippen LogP contribution < -0.4 is 5.43 Å². The van der Waals surface area contributed by atoms with E-state index in [4.69, 9.17) is 0 Å². The number of carbonyl (C=O) groups excluding carboxylic acids is 1. The number of pyridine rings is 1. The number of alkyl halides is 3. The molecule has 33 heavy (non-hydrogen) atoms. The Labute approximate surface area is 197 Å². The van der Waals surface area contributed by atoms with Crippen LogP contribution in [0.2, 0.25) is 0 Å². The highest BCUT2D eigenvalue weighted by Crippen LogP contribution is 2.46. The number of aromatic nitrogens is 1. The molecule has 2 aromatic heterocycles. The maximum absolute atomic E-state index is 13.6. The number of fused-ring (bicyclic) bond motifs is 3. The molecule has 1 unspecified atom stereocenters. The molecule has 4 nitrogen and oxygen atoms in total. The quantitative estimate of drug-likeness (QED) is 0.453. The first-order valence-corrected chi connectivity index (χ1v) is 12.5. The summed E-state index contributed by atoms with van der Waals surface area (Å²) in [7, 11) is 0. The van der Waals surface area contributed by atoms with Crippen LogP contribution in [-0.2, 0) is 12.6 Å². The minimum atomic E-state index is -4.50. The van der Waals surface area contributed by atoms with Gasteiger partial charge in [0.25, 0.3) is 5.91 Å². The van der Waals surface area contributed by atoms with Crippen LogP contribution in [0, 0.1) is 6.92 Å². The number of carbonyl (C=O) groups is 1. The Morgan fingerprint density at radius 2 is 1.88 bits per heavy atom. The summed E-state index contributed by atoms with van der Waals surface area (Å²) in [6, 6.07) is 7.07. The Morgan fingerprint density at radius 1 is 1.12 bits per heavy atom. The lowest BCUT2D eigenvalue weighted by Gasteiger charge is -2.23. The summed E-state index contributed by atoms with van der Waals surface area (Å²) in [6.45, 7) is 2.88. The highest BCUT2D eigenvalue weighted by molar-refractivity contribution is 7.99. The van der Waals surface area contributed by atoms with Gasteiger partial charge in [-0.2, -0.15) is 24.5 Å². The number of benzene rings is 1. The maximum Gasteiger partial charge on any atom is 0.416 e. The van der Waals surface area contributed by atoms with Crippen molar-refractivity contribution < 1.29 is 18.0 Å². The summed E-state index contributed by atoms with van der Waals surface area (Å²) in [5.41, 5.74) is 1.33. The number of likely N-dealkylation sites (tertiary alicyclic amines) is 1. The second kappa shape index (κ2) is 8.36. The van der Waals surface area contributed by atoms with Crippen LogP contribution >= 0.6 is 23.1 Å². The standard InChI is InChI=1S/C24H21F3N2O2S2/c1-14-10-19(30)22(23(31)28-7-2-3-8-28)18-12-21(15-6-9-32-13-15)33-20-5-4-16(24(25,26)27)11-17(20)29(14)18/h4-6,9-11,13,21H,2-3,7-8,12H2,1H3. The van der Waals surface area contributed by atoms with Gasteiger partial charge in [0.05, 0.1) is 11.3 Å². The largest absolute Gasteiger partial charge is 0.416 e. The summed E-state index contributed by atoms with van der Waals surface area (Å²) < 4.78 is 42.4. The predicted molar refractivity (Wildman–Crippen MR) is 124 cm³/mol. The Balaban J connectivity index is 1.78. The minimum Gasteiger partial charge on any atom is -0.338 e. The van der Waals surface area contributed by atoms with Crippen molar-refractivity contribution in [2.24, 2.45) is 0 Å². The number of amides is 1. The zero-order valence-electron chi connectivity index (χ0n) is 17.8. The van der Waals surface area contributed by atoms with E-state index in [0.717, 1.165) is 30.5 Å². The summed E-state index contributed by atoms with van der Waals surface area (Å²) in [4.78, 5) is 28.9. The average Bonchev–Trinajstić information content (AvgIpc) is 3.45. The van der Waals surface area contributed by atoms with Crippen LogP contribution in [0.3, 0.4) is 0 Å². The molecule has 2 aliphatic heterocycles. The fourth-order valence-electron chi connectivity index (χ4n) is 4.61. The normalized spacial score (nSPS) is 18.1. The first-order chi connectivity index (χ1) is 15.7. The van der Waals surface area contributed by atoms with Crippen molar-refractivity contribution in [1.29, 1.82) is 0 Å². The second-order valence-electron chi connectivity index (χ2n) is 8.35. The van der Waals surface area contributed by atoms with E-state index in [1.807, 2.05) is 16.8 Å². The van der Waals surface area contributed by atoms with E-state index in [9.17, 15) is 22.8 Å². The molecular weight excluding hydrogens is 469 g/mol. The van der Waals surface area contributed by atoms with Gasteiger partial charge in [-0.1, -0.05) is 0 Å². The molecule has 1 fully saturated rings. The summed E-state index contributed by atoms with van der Waals surface area (Å²) in [5, 5.41) is 3.83. The molecule has 0 aliphatic carbocycles. The van der Waals surface area contributed by atoms with Crippen molar-refractivity contribution in [2.45, 2.75) is 42.5 Å². The smallest absolute Gasteiger partial charge is 0.338 e. The number of thioether (sulfide) groups is 1. The van der Waals surface area contributed by atoms with Crippen molar-refractivity contribution in [1.82, 2.24) is 9.47 Å². The van der Waals surface area contributed by atoms with E-state index < -0.39 is 11.7 Å². The molecule has 172 valence electrons. The van der Waals surface area contributed by atoms with E-state index >= 15 is 0 Å². The number of aryl methyl sites for hydroxylation is 1. The van der Waals surface area contributed by atoms with E-state index in [2.05, 4.69) is 0 Å². The lowest BCUT2D eigenvalue weighted by atomic mass is 10.0. The number of halogens is 3. The average molecular weight is 491 g/mol. The van der Waals surface area contributed by atoms with Crippen molar-refractivity contribution in [2.75, 3.05) is 13.1 Å². The Hall–Kier alpha value is -2.52. The molecule has 0 N–H and O–H groups in total. The first kappa shape index (κ1) is 22.3. The van der Waals surface area contributed by atoms with Crippen LogP contribution in [0.1, 0.15) is 51.0 Å². The minimum absolute atomic E-state index is 0.0774. The topological polar surface area (TPSA) is 42.3 Å². The number of thiophene rings is 1. The number of hydrogen-bond donors (Lipinski definition) is 0. The highest BCUT2D eigenvalue weighted by Gasteiger charge is 2.35. The molecule has 0 saturated carbocycles. The first-order valence-electron chi connectivity index (χ1n) is 10.7. The lowest BCUT2D eigenvalue weighted by molar-refractivity contribution is -0.137. The molecule has 1 saturated heterocycles. The maximum atomic E-state index is 13.6. The van der Waals surface area contributed by atoms with Crippen LogP contribution in [0.15, 0.2) is 50.8 Å². The fraction of sp³-hybridized carbons (Fsp3) is 0.333. The molecule has 0 bridgehead atoms. The molecule has 1 aromatic carbocycles. The predicted octanol–water partition coefficient (Wildman–Crippen LogP) is 5.85. The Kier molecular flexibility index (Phi) is 5.64. The van der Waals surface area contributed by atoms with Gasteiger partial charge in [0.2, 0.25) is 0 Å². The van der Waals surface area contributed by atoms with Gasteiger partial charge >= 0.3 is 6.18 Å². The van der Waals surface area contributed by atoms with E-state index in [1.54, 1.807) is 16.4 Å². The van der Waals surface area contributed by atoms with Crippen molar-refractivity contribution in [3.05, 3.63) is 79.4 Å². The SMILES string of the molecule is Cc1cc(=O)c(C(=O)N2CCCC2)c2n1-c1cc(C(F)(F)F)ccc1SC(c1ccsc1)C2. The molecule has 2 aliphatic rings. The van der Waals surface area contributed by atoms with E-state index in [1.165, 1.54) is 35.2 Å². The molecule has 3 aromatic rings. The number of hydrogen-bond acceptors (Lipinski definition) is 4. The van der Waals surface area contributed by atoms with Crippen molar-refractivity contribution in [3.8, 4) is 5.69 Å². The van der Waals surface area contributed by atoms with Crippen LogP contribution in [0.4, 0.5) is 13.2 Å². The molecule has 1 atom stereocenters. The van der Waals surface area contributed by atoms with Crippen molar-refractivity contribution in [3.63, 3.8) is 0 Å². The third-order valence-corrected chi connectivity index (χ3v) is 8.22. The van der Waals surface area contributed by atoms with Gasteiger partial charge in [-0.3, -0.25) is 9.59 Å². The fourth-order valence-corrected chi connectivity index (χ4v) is 6.66. The van der Waals surface area contributed by atoms with Crippen LogP contribution in [0.25, 0.3) is 5.69 Å². The van der Waals surface area contributed by atoms with E-state index in [0.29, 0.717) is 41.5 Å².